The highest BCUT2D eigenvalue weighted by Crippen LogP contribution is 2.35. The maximum atomic E-state index is 13.3. The molecule has 0 saturated carbocycles. The van der Waals surface area contributed by atoms with E-state index in [1.807, 2.05) is 12.1 Å². The number of hydrogen-bond donors (Lipinski definition) is 3. The molecule has 0 spiro atoms. The number of rotatable bonds is 5. The molecule has 1 atom stereocenters. The summed E-state index contributed by atoms with van der Waals surface area (Å²) in [6, 6.07) is 9.77. The quantitative estimate of drug-likeness (QED) is 0.516. The van der Waals surface area contributed by atoms with Crippen molar-refractivity contribution in [3.63, 3.8) is 0 Å². The first-order valence-corrected chi connectivity index (χ1v) is 8.20. The Labute approximate surface area is 149 Å². The van der Waals surface area contributed by atoms with E-state index in [9.17, 15) is 4.39 Å². The molecule has 4 N–H and O–H groups in total. The predicted molar refractivity (Wildman–Crippen MR) is 96.4 cm³/mol. The third kappa shape index (κ3) is 3.12. The van der Waals surface area contributed by atoms with E-state index in [1.165, 1.54) is 12.1 Å². The Kier molecular flexibility index (Phi) is 4.28. The van der Waals surface area contributed by atoms with E-state index in [-0.39, 0.29) is 11.9 Å². The Hall–Kier alpha value is -3.32. The van der Waals surface area contributed by atoms with Gasteiger partial charge in [0.25, 0.3) is 0 Å². The summed E-state index contributed by atoms with van der Waals surface area (Å²) in [6.45, 7) is 0. The molecule has 0 amide bonds. The van der Waals surface area contributed by atoms with Gasteiger partial charge in [0.15, 0.2) is 0 Å². The van der Waals surface area contributed by atoms with E-state index in [4.69, 9.17) is 5.73 Å². The number of imidazole rings is 1. The summed E-state index contributed by atoms with van der Waals surface area (Å²) in [5.41, 5.74) is 11.6. The summed E-state index contributed by atoms with van der Waals surface area (Å²) >= 11 is 0. The van der Waals surface area contributed by atoms with Crippen LogP contribution in [0.1, 0.15) is 17.4 Å². The van der Waals surface area contributed by atoms with Crippen molar-refractivity contribution in [1.29, 1.82) is 0 Å². The third-order valence-corrected chi connectivity index (χ3v) is 4.25. The van der Waals surface area contributed by atoms with Gasteiger partial charge in [0.1, 0.15) is 11.5 Å². The van der Waals surface area contributed by atoms with Gasteiger partial charge in [0.05, 0.1) is 18.1 Å². The molecule has 4 rings (SSSR count). The van der Waals surface area contributed by atoms with Crippen molar-refractivity contribution in [2.45, 2.75) is 12.5 Å². The normalized spacial score (nSPS) is 12.2. The van der Waals surface area contributed by atoms with Gasteiger partial charge in [-0.3, -0.25) is 10.1 Å². The first kappa shape index (κ1) is 16.2. The summed E-state index contributed by atoms with van der Waals surface area (Å²) in [5.74, 6) is -0.286. The minimum absolute atomic E-state index is 0.286. The van der Waals surface area contributed by atoms with Crippen molar-refractivity contribution >= 4 is 0 Å². The summed E-state index contributed by atoms with van der Waals surface area (Å²) in [4.78, 5) is 11.2. The molecule has 0 radical (unpaired) electrons. The number of pyridine rings is 1. The standard InChI is InChI=1S/C19H17FN6/c20-14-3-1-13(2-4-14)18-17(12-5-7-22-8-6-12)19(26-25-18)16(21)9-15-10-23-11-24-15/h1-8,10-11,16H,9,21H2,(H,23,24)(H,25,26). The lowest BCUT2D eigenvalue weighted by Crippen LogP contribution is -2.15. The van der Waals surface area contributed by atoms with Gasteiger partial charge in [-0.2, -0.15) is 5.10 Å². The second kappa shape index (κ2) is 6.89. The molecule has 26 heavy (non-hydrogen) atoms. The number of nitrogens with one attached hydrogen (secondary N) is 2. The average molecular weight is 348 g/mol. The van der Waals surface area contributed by atoms with Gasteiger partial charge in [-0.25, -0.2) is 9.37 Å². The summed E-state index contributed by atoms with van der Waals surface area (Å²) in [7, 11) is 0. The molecule has 0 aliphatic rings. The van der Waals surface area contributed by atoms with Crippen LogP contribution in [0.25, 0.3) is 22.4 Å². The van der Waals surface area contributed by atoms with Crippen LogP contribution in [-0.2, 0) is 6.42 Å². The highest BCUT2D eigenvalue weighted by atomic mass is 19.1. The molecular formula is C19H17FN6. The topological polar surface area (TPSA) is 96.3 Å². The third-order valence-electron chi connectivity index (χ3n) is 4.25. The van der Waals surface area contributed by atoms with E-state index < -0.39 is 0 Å². The van der Waals surface area contributed by atoms with Crippen LogP contribution >= 0.6 is 0 Å². The van der Waals surface area contributed by atoms with E-state index in [1.54, 1.807) is 37.1 Å². The highest BCUT2D eigenvalue weighted by Gasteiger charge is 2.21. The van der Waals surface area contributed by atoms with Gasteiger partial charge in [-0.1, -0.05) is 0 Å². The van der Waals surface area contributed by atoms with Gasteiger partial charge in [-0.15, -0.1) is 0 Å². The molecule has 3 heterocycles. The van der Waals surface area contributed by atoms with Crippen LogP contribution in [0.2, 0.25) is 0 Å². The molecule has 0 saturated heterocycles. The van der Waals surface area contributed by atoms with Crippen molar-refractivity contribution in [1.82, 2.24) is 25.1 Å². The van der Waals surface area contributed by atoms with Crippen LogP contribution in [-0.4, -0.2) is 25.1 Å². The maximum absolute atomic E-state index is 13.3. The minimum Gasteiger partial charge on any atom is -0.348 e. The molecule has 0 fully saturated rings. The van der Waals surface area contributed by atoms with Crippen molar-refractivity contribution in [3.05, 3.63) is 78.5 Å². The highest BCUT2D eigenvalue weighted by molar-refractivity contribution is 5.82. The van der Waals surface area contributed by atoms with E-state index in [0.717, 1.165) is 33.8 Å². The number of aromatic amines is 2. The first-order valence-electron chi connectivity index (χ1n) is 8.20. The monoisotopic (exact) mass is 348 g/mol. The molecule has 4 aromatic rings. The largest absolute Gasteiger partial charge is 0.348 e. The van der Waals surface area contributed by atoms with E-state index in [0.29, 0.717) is 6.42 Å². The van der Waals surface area contributed by atoms with Gasteiger partial charge in [0, 0.05) is 41.8 Å². The van der Waals surface area contributed by atoms with Gasteiger partial charge < -0.3 is 10.7 Å². The lowest BCUT2D eigenvalue weighted by Gasteiger charge is -2.12. The fourth-order valence-electron chi connectivity index (χ4n) is 2.99. The zero-order valence-electron chi connectivity index (χ0n) is 13.9. The number of aromatic nitrogens is 5. The summed E-state index contributed by atoms with van der Waals surface area (Å²) in [6.07, 6.45) is 7.41. The molecule has 6 nitrogen and oxygen atoms in total. The van der Waals surface area contributed by atoms with Crippen LogP contribution in [0, 0.1) is 5.82 Å². The SMILES string of the molecule is NC(Cc1cnc[nH]1)c1[nH]nc(-c2ccc(F)cc2)c1-c1ccncc1. The molecule has 130 valence electrons. The van der Waals surface area contributed by atoms with Crippen molar-refractivity contribution in [2.75, 3.05) is 0 Å². The lowest BCUT2D eigenvalue weighted by atomic mass is 9.95. The van der Waals surface area contributed by atoms with Crippen LogP contribution in [0.15, 0.2) is 61.3 Å². The number of nitrogens with zero attached hydrogens (tertiary/aromatic N) is 3. The Morgan fingerprint density at radius 3 is 2.46 bits per heavy atom. The van der Waals surface area contributed by atoms with Crippen LogP contribution in [0.4, 0.5) is 4.39 Å². The van der Waals surface area contributed by atoms with Crippen molar-refractivity contribution in [3.8, 4) is 22.4 Å². The number of benzene rings is 1. The fourth-order valence-corrected chi connectivity index (χ4v) is 2.99. The minimum atomic E-state index is -0.305. The molecular weight excluding hydrogens is 331 g/mol. The number of halogens is 1. The Balaban J connectivity index is 1.80. The molecule has 1 aromatic carbocycles. The summed E-state index contributed by atoms with van der Waals surface area (Å²) in [5, 5.41) is 7.54. The zero-order chi connectivity index (χ0) is 17.9. The number of hydrogen-bond acceptors (Lipinski definition) is 4. The average Bonchev–Trinajstić information content (AvgIpc) is 3.32. The van der Waals surface area contributed by atoms with Crippen molar-refractivity contribution in [2.24, 2.45) is 5.73 Å². The Morgan fingerprint density at radius 1 is 1.00 bits per heavy atom. The van der Waals surface area contributed by atoms with Crippen molar-refractivity contribution < 1.29 is 4.39 Å². The van der Waals surface area contributed by atoms with Crippen LogP contribution < -0.4 is 5.73 Å². The molecule has 0 aliphatic carbocycles. The second-order valence-electron chi connectivity index (χ2n) is 5.99. The van der Waals surface area contributed by atoms with Gasteiger partial charge in [0.2, 0.25) is 0 Å². The summed E-state index contributed by atoms with van der Waals surface area (Å²) < 4.78 is 13.3. The zero-order valence-corrected chi connectivity index (χ0v) is 13.9. The fraction of sp³-hybridized carbons (Fsp3) is 0.105. The second-order valence-corrected chi connectivity index (χ2v) is 5.99. The smallest absolute Gasteiger partial charge is 0.123 e. The van der Waals surface area contributed by atoms with E-state index in [2.05, 4.69) is 25.1 Å². The maximum Gasteiger partial charge on any atom is 0.123 e. The molecule has 0 aliphatic heterocycles. The molecule has 3 aromatic heterocycles. The predicted octanol–water partition coefficient (Wildman–Crippen LogP) is 3.24. The Bertz CT molecular complexity index is 977. The van der Waals surface area contributed by atoms with Gasteiger partial charge >= 0.3 is 0 Å². The number of H-pyrrole nitrogens is 2. The van der Waals surface area contributed by atoms with Gasteiger partial charge in [-0.05, 0) is 42.0 Å². The number of nitrogens with two attached hydrogens (primary N) is 1. The molecule has 7 heteroatoms. The first-order chi connectivity index (χ1) is 12.7. The molecule has 1 unspecified atom stereocenters. The Morgan fingerprint density at radius 2 is 1.77 bits per heavy atom. The lowest BCUT2D eigenvalue weighted by molar-refractivity contribution is 0.628. The van der Waals surface area contributed by atoms with Crippen LogP contribution in [0.5, 0.6) is 0 Å². The van der Waals surface area contributed by atoms with Crippen LogP contribution in [0.3, 0.4) is 0 Å². The molecule has 0 bridgehead atoms. The van der Waals surface area contributed by atoms with E-state index >= 15 is 0 Å².